The monoisotopic (exact) mass is 292 g/mol. The second kappa shape index (κ2) is 5.92. The first-order chi connectivity index (χ1) is 9.86. The Hall–Kier alpha value is -1.77. The van der Waals surface area contributed by atoms with Crippen LogP contribution in [0.1, 0.15) is 36.1 Å². The zero-order valence-corrected chi connectivity index (χ0v) is 12.5. The molecule has 2 rings (SSSR count). The highest BCUT2D eigenvalue weighted by Gasteiger charge is 2.31. The summed E-state index contributed by atoms with van der Waals surface area (Å²) < 4.78 is 38.8. The molecule has 0 radical (unpaired) electrons. The van der Waals surface area contributed by atoms with Gasteiger partial charge in [0, 0.05) is 0 Å². The lowest BCUT2D eigenvalue weighted by Crippen LogP contribution is -2.05. The second-order valence-electron chi connectivity index (χ2n) is 5.22. The zero-order chi connectivity index (χ0) is 15.6. The molecule has 0 atom stereocenters. The summed E-state index contributed by atoms with van der Waals surface area (Å²) in [6.07, 6.45) is -2.72. The van der Waals surface area contributed by atoms with Gasteiger partial charge < -0.3 is 0 Å². The van der Waals surface area contributed by atoms with E-state index in [1.807, 2.05) is 32.0 Å². The Morgan fingerprint density at radius 1 is 0.857 bits per heavy atom. The van der Waals surface area contributed by atoms with Crippen molar-refractivity contribution in [2.75, 3.05) is 0 Å². The number of rotatable bonds is 3. The van der Waals surface area contributed by atoms with E-state index in [4.69, 9.17) is 0 Å². The summed E-state index contributed by atoms with van der Waals surface area (Å²) in [7, 11) is 0. The van der Waals surface area contributed by atoms with Crippen molar-refractivity contribution < 1.29 is 13.2 Å². The fraction of sp³-hybridized carbons (Fsp3) is 0.333. The molecular formula is C18H19F3. The fourth-order valence-electron chi connectivity index (χ4n) is 2.55. The molecule has 0 unspecified atom stereocenters. The van der Waals surface area contributed by atoms with Crippen molar-refractivity contribution in [1.82, 2.24) is 0 Å². The van der Waals surface area contributed by atoms with Gasteiger partial charge in [0.25, 0.3) is 0 Å². The van der Waals surface area contributed by atoms with Gasteiger partial charge in [-0.25, -0.2) is 0 Å². The summed E-state index contributed by atoms with van der Waals surface area (Å²) in [5.74, 6) is 0. The molecule has 2 aromatic rings. The summed E-state index contributed by atoms with van der Waals surface area (Å²) in [4.78, 5) is 0. The van der Waals surface area contributed by atoms with Gasteiger partial charge in [-0.1, -0.05) is 38.1 Å². The predicted octanol–water partition coefficient (Wildman–Crippen LogP) is 5.81. The van der Waals surface area contributed by atoms with Gasteiger partial charge in [0.1, 0.15) is 0 Å². The quantitative estimate of drug-likeness (QED) is 0.670. The van der Waals surface area contributed by atoms with Crippen molar-refractivity contribution in [3.8, 4) is 11.1 Å². The third-order valence-corrected chi connectivity index (χ3v) is 3.86. The number of halogens is 3. The van der Waals surface area contributed by atoms with E-state index in [2.05, 4.69) is 6.92 Å². The summed E-state index contributed by atoms with van der Waals surface area (Å²) >= 11 is 0. The van der Waals surface area contributed by atoms with Crippen LogP contribution in [0.3, 0.4) is 0 Å². The molecule has 0 N–H and O–H groups in total. The molecule has 0 saturated carbocycles. The second-order valence-corrected chi connectivity index (χ2v) is 5.22. The molecular weight excluding hydrogens is 273 g/mol. The average molecular weight is 292 g/mol. The van der Waals surface area contributed by atoms with Crippen molar-refractivity contribution in [2.24, 2.45) is 0 Å². The van der Waals surface area contributed by atoms with Gasteiger partial charge in [-0.15, -0.1) is 0 Å². The van der Waals surface area contributed by atoms with Crippen LogP contribution in [-0.2, 0) is 19.0 Å². The Morgan fingerprint density at radius 2 is 1.52 bits per heavy atom. The highest BCUT2D eigenvalue weighted by molar-refractivity contribution is 5.69. The first-order valence-corrected chi connectivity index (χ1v) is 7.16. The van der Waals surface area contributed by atoms with Gasteiger partial charge in [-0.05, 0) is 59.7 Å². The van der Waals surface area contributed by atoms with Crippen LogP contribution < -0.4 is 0 Å². The summed E-state index contributed by atoms with van der Waals surface area (Å²) in [6.45, 7) is 6.04. The van der Waals surface area contributed by atoms with Crippen LogP contribution in [0.25, 0.3) is 11.1 Å². The van der Waals surface area contributed by atoms with Gasteiger partial charge in [0.2, 0.25) is 0 Å². The SMILES string of the molecule is CCc1cc(-c2cc(C(F)(F)F)ccc2CC)ccc1C. The van der Waals surface area contributed by atoms with E-state index < -0.39 is 11.7 Å². The van der Waals surface area contributed by atoms with Gasteiger partial charge in [0.05, 0.1) is 5.56 Å². The standard InChI is InChI=1S/C18H19F3/c1-4-13-8-9-16(18(19,20)21)11-17(13)15-7-6-12(3)14(5-2)10-15/h6-11H,4-5H2,1-3H3. The maximum atomic E-state index is 12.9. The largest absolute Gasteiger partial charge is 0.416 e. The first-order valence-electron chi connectivity index (χ1n) is 7.16. The molecule has 0 bridgehead atoms. The summed E-state index contributed by atoms with van der Waals surface area (Å²) in [5.41, 5.74) is 4.24. The van der Waals surface area contributed by atoms with Gasteiger partial charge in [-0.3, -0.25) is 0 Å². The number of alkyl halides is 3. The molecule has 0 aliphatic rings. The minimum absolute atomic E-state index is 0.590. The maximum Gasteiger partial charge on any atom is 0.416 e. The van der Waals surface area contributed by atoms with E-state index in [1.54, 1.807) is 6.07 Å². The van der Waals surface area contributed by atoms with Crippen molar-refractivity contribution in [2.45, 2.75) is 39.8 Å². The van der Waals surface area contributed by atoms with Crippen LogP contribution in [0.4, 0.5) is 13.2 Å². The van der Waals surface area contributed by atoms with E-state index in [1.165, 1.54) is 17.2 Å². The van der Waals surface area contributed by atoms with Crippen molar-refractivity contribution >= 4 is 0 Å². The third kappa shape index (κ3) is 3.29. The highest BCUT2D eigenvalue weighted by Crippen LogP contribution is 2.34. The van der Waals surface area contributed by atoms with Crippen LogP contribution >= 0.6 is 0 Å². The number of hydrogen-bond acceptors (Lipinski definition) is 0. The van der Waals surface area contributed by atoms with Gasteiger partial charge >= 0.3 is 6.18 Å². The van der Waals surface area contributed by atoms with Gasteiger partial charge in [0.15, 0.2) is 0 Å². The van der Waals surface area contributed by atoms with E-state index in [-0.39, 0.29) is 0 Å². The normalized spacial score (nSPS) is 11.7. The molecule has 2 aromatic carbocycles. The molecule has 112 valence electrons. The Bertz CT molecular complexity index is 639. The molecule has 0 amide bonds. The van der Waals surface area contributed by atoms with Gasteiger partial charge in [-0.2, -0.15) is 13.2 Å². The zero-order valence-electron chi connectivity index (χ0n) is 12.5. The van der Waals surface area contributed by atoms with Crippen LogP contribution in [0.2, 0.25) is 0 Å². The summed E-state index contributed by atoms with van der Waals surface area (Å²) in [5, 5.41) is 0. The van der Waals surface area contributed by atoms with Crippen molar-refractivity contribution in [3.05, 3.63) is 58.7 Å². The molecule has 3 heteroatoms. The topological polar surface area (TPSA) is 0 Å². The maximum absolute atomic E-state index is 12.9. The average Bonchev–Trinajstić information content (AvgIpc) is 2.46. The van der Waals surface area contributed by atoms with Crippen molar-refractivity contribution in [1.29, 1.82) is 0 Å². The summed E-state index contributed by atoms with van der Waals surface area (Å²) in [6, 6.07) is 9.91. The van der Waals surface area contributed by atoms with Crippen LogP contribution in [0.15, 0.2) is 36.4 Å². The van der Waals surface area contributed by atoms with Crippen LogP contribution in [0, 0.1) is 6.92 Å². The Kier molecular flexibility index (Phi) is 4.40. The van der Waals surface area contributed by atoms with Crippen LogP contribution in [-0.4, -0.2) is 0 Å². The first kappa shape index (κ1) is 15.6. The van der Waals surface area contributed by atoms with E-state index in [0.29, 0.717) is 12.0 Å². The molecule has 0 aliphatic carbocycles. The Labute approximate surface area is 123 Å². The number of benzene rings is 2. The molecule has 0 aliphatic heterocycles. The minimum Gasteiger partial charge on any atom is -0.166 e. The predicted molar refractivity (Wildman–Crippen MR) is 80.4 cm³/mol. The lowest BCUT2D eigenvalue weighted by Gasteiger charge is -2.14. The molecule has 0 saturated heterocycles. The smallest absolute Gasteiger partial charge is 0.166 e. The van der Waals surface area contributed by atoms with E-state index in [0.717, 1.165) is 23.6 Å². The van der Waals surface area contributed by atoms with E-state index >= 15 is 0 Å². The van der Waals surface area contributed by atoms with E-state index in [9.17, 15) is 13.2 Å². The molecule has 0 aromatic heterocycles. The third-order valence-electron chi connectivity index (χ3n) is 3.86. The highest BCUT2D eigenvalue weighted by atomic mass is 19.4. The molecule has 0 heterocycles. The number of hydrogen-bond donors (Lipinski definition) is 0. The van der Waals surface area contributed by atoms with Crippen molar-refractivity contribution in [3.63, 3.8) is 0 Å². The lowest BCUT2D eigenvalue weighted by atomic mass is 9.93. The fourth-order valence-corrected chi connectivity index (χ4v) is 2.55. The lowest BCUT2D eigenvalue weighted by molar-refractivity contribution is -0.137. The minimum atomic E-state index is -4.31. The number of aryl methyl sites for hydroxylation is 3. The molecule has 0 nitrogen and oxygen atoms in total. The molecule has 0 fully saturated rings. The molecule has 21 heavy (non-hydrogen) atoms. The molecule has 0 spiro atoms. The van der Waals surface area contributed by atoms with Crippen LogP contribution in [0.5, 0.6) is 0 Å². The Balaban J connectivity index is 2.61. The Morgan fingerprint density at radius 3 is 2.10 bits per heavy atom.